The van der Waals surface area contributed by atoms with Crippen LogP contribution in [0.3, 0.4) is 0 Å². The fourth-order valence-corrected chi connectivity index (χ4v) is 2.25. The molecule has 6 nitrogen and oxygen atoms in total. The zero-order chi connectivity index (χ0) is 13.0. The molecule has 3 N–H and O–H groups in total. The van der Waals surface area contributed by atoms with E-state index in [0.717, 1.165) is 19.5 Å². The van der Waals surface area contributed by atoms with E-state index in [1.54, 1.807) is 25.6 Å². The van der Waals surface area contributed by atoms with Crippen LogP contribution in [0.15, 0.2) is 18.5 Å². The molecule has 1 amide bonds. The van der Waals surface area contributed by atoms with Crippen LogP contribution in [0.2, 0.25) is 0 Å². The number of nitrogens with two attached hydrogens (primary N) is 1. The van der Waals surface area contributed by atoms with Crippen LogP contribution in [0.5, 0.6) is 0 Å². The highest BCUT2D eigenvalue weighted by atomic mass is 16.5. The van der Waals surface area contributed by atoms with Crippen LogP contribution in [-0.2, 0) is 4.74 Å². The highest BCUT2D eigenvalue weighted by molar-refractivity contribution is 5.99. The second-order valence-corrected chi connectivity index (χ2v) is 4.43. The first-order valence-electron chi connectivity index (χ1n) is 5.95. The third-order valence-electron chi connectivity index (χ3n) is 3.18. The van der Waals surface area contributed by atoms with Gasteiger partial charge in [-0.25, -0.2) is 0 Å². The minimum Gasteiger partial charge on any atom is -0.384 e. The Balaban J connectivity index is 2.08. The molecule has 0 saturated carbocycles. The van der Waals surface area contributed by atoms with Crippen LogP contribution >= 0.6 is 0 Å². The number of rotatable bonds is 4. The van der Waals surface area contributed by atoms with Gasteiger partial charge in [0, 0.05) is 38.5 Å². The number of ether oxygens (including phenoxy) is 1. The van der Waals surface area contributed by atoms with Gasteiger partial charge in [-0.3, -0.25) is 15.6 Å². The Morgan fingerprint density at radius 3 is 3.28 bits per heavy atom. The van der Waals surface area contributed by atoms with Crippen molar-refractivity contribution in [2.24, 2.45) is 11.8 Å². The topological polar surface area (TPSA) is 80.5 Å². The summed E-state index contributed by atoms with van der Waals surface area (Å²) in [4.78, 5) is 18.1. The number of aromatic nitrogens is 1. The number of carbonyl (C=O) groups is 1. The SMILES string of the molecule is COCC1CCN(C(=O)c2cnccc2NN)C1. The summed E-state index contributed by atoms with van der Waals surface area (Å²) in [5, 5.41) is 0. The highest BCUT2D eigenvalue weighted by Gasteiger charge is 2.28. The van der Waals surface area contributed by atoms with Gasteiger partial charge in [0.15, 0.2) is 0 Å². The van der Waals surface area contributed by atoms with Crippen molar-refractivity contribution < 1.29 is 9.53 Å². The molecule has 0 bridgehead atoms. The third kappa shape index (κ3) is 2.60. The van der Waals surface area contributed by atoms with E-state index in [-0.39, 0.29) is 5.91 Å². The first kappa shape index (κ1) is 12.8. The Bertz CT molecular complexity index is 424. The number of carbonyl (C=O) groups excluding carboxylic acids is 1. The van der Waals surface area contributed by atoms with Gasteiger partial charge in [0.1, 0.15) is 0 Å². The van der Waals surface area contributed by atoms with Crippen molar-refractivity contribution in [3.8, 4) is 0 Å². The van der Waals surface area contributed by atoms with Crippen molar-refractivity contribution in [3.05, 3.63) is 24.0 Å². The summed E-state index contributed by atoms with van der Waals surface area (Å²) in [5.74, 6) is 5.78. The van der Waals surface area contributed by atoms with Crippen LogP contribution in [0, 0.1) is 5.92 Å². The predicted octanol–water partition coefficient (Wildman–Crippen LogP) is 0.476. The number of nitrogen functional groups attached to an aromatic ring is 1. The van der Waals surface area contributed by atoms with Gasteiger partial charge in [-0.05, 0) is 12.5 Å². The second-order valence-electron chi connectivity index (χ2n) is 4.43. The molecule has 1 aromatic rings. The van der Waals surface area contributed by atoms with E-state index >= 15 is 0 Å². The molecular formula is C12H18N4O2. The van der Waals surface area contributed by atoms with E-state index in [1.807, 2.05) is 4.90 Å². The summed E-state index contributed by atoms with van der Waals surface area (Å²) in [5.41, 5.74) is 3.64. The van der Waals surface area contributed by atoms with Gasteiger partial charge < -0.3 is 15.1 Å². The number of amides is 1. The number of methoxy groups -OCH3 is 1. The van der Waals surface area contributed by atoms with E-state index in [9.17, 15) is 4.79 Å². The number of hydrogen-bond acceptors (Lipinski definition) is 5. The molecule has 2 heterocycles. The molecule has 18 heavy (non-hydrogen) atoms. The van der Waals surface area contributed by atoms with Gasteiger partial charge in [-0.15, -0.1) is 0 Å². The van der Waals surface area contributed by atoms with Crippen molar-refractivity contribution in [2.45, 2.75) is 6.42 Å². The van der Waals surface area contributed by atoms with Crippen molar-refractivity contribution in [1.29, 1.82) is 0 Å². The molecule has 1 fully saturated rings. The molecule has 1 unspecified atom stereocenters. The molecular weight excluding hydrogens is 232 g/mol. The molecule has 0 aromatic carbocycles. The first-order chi connectivity index (χ1) is 8.76. The van der Waals surface area contributed by atoms with E-state index < -0.39 is 0 Å². The molecule has 0 aliphatic carbocycles. The first-order valence-corrected chi connectivity index (χ1v) is 5.95. The van der Waals surface area contributed by atoms with Crippen LogP contribution in [0.4, 0.5) is 5.69 Å². The molecule has 0 spiro atoms. The van der Waals surface area contributed by atoms with E-state index in [2.05, 4.69) is 10.4 Å². The van der Waals surface area contributed by atoms with Gasteiger partial charge in [0.25, 0.3) is 5.91 Å². The Kier molecular flexibility index (Phi) is 4.11. The summed E-state index contributed by atoms with van der Waals surface area (Å²) in [6.07, 6.45) is 4.12. The summed E-state index contributed by atoms with van der Waals surface area (Å²) in [6.45, 7) is 2.18. The van der Waals surface area contributed by atoms with Crippen molar-refractivity contribution >= 4 is 11.6 Å². The molecule has 1 aromatic heterocycles. The number of likely N-dealkylation sites (tertiary alicyclic amines) is 1. The number of hydrogen-bond donors (Lipinski definition) is 2. The average Bonchev–Trinajstić information content (AvgIpc) is 2.87. The van der Waals surface area contributed by atoms with Crippen molar-refractivity contribution in [2.75, 3.05) is 32.2 Å². The fourth-order valence-electron chi connectivity index (χ4n) is 2.25. The van der Waals surface area contributed by atoms with Crippen molar-refractivity contribution in [3.63, 3.8) is 0 Å². The van der Waals surface area contributed by atoms with Crippen molar-refractivity contribution in [1.82, 2.24) is 9.88 Å². The van der Waals surface area contributed by atoms with Crippen LogP contribution in [0.1, 0.15) is 16.8 Å². The van der Waals surface area contributed by atoms with Crippen LogP contribution in [0.25, 0.3) is 0 Å². The Morgan fingerprint density at radius 1 is 1.72 bits per heavy atom. The largest absolute Gasteiger partial charge is 0.384 e. The van der Waals surface area contributed by atoms with Crippen LogP contribution in [-0.4, -0.2) is 42.6 Å². The lowest BCUT2D eigenvalue weighted by Crippen LogP contribution is -2.30. The molecule has 1 atom stereocenters. The van der Waals surface area contributed by atoms with Gasteiger partial charge in [0.2, 0.25) is 0 Å². The Morgan fingerprint density at radius 2 is 2.56 bits per heavy atom. The molecule has 0 radical (unpaired) electrons. The summed E-state index contributed by atoms with van der Waals surface area (Å²) >= 11 is 0. The standard InChI is InChI=1S/C12H18N4O2/c1-18-8-9-3-5-16(7-9)12(17)10-6-14-4-2-11(10)15-13/h2,4,6,9H,3,5,7-8,13H2,1H3,(H,14,15). The lowest BCUT2D eigenvalue weighted by atomic mass is 10.1. The summed E-state index contributed by atoms with van der Waals surface area (Å²) < 4.78 is 5.12. The van der Waals surface area contributed by atoms with E-state index in [1.165, 1.54) is 0 Å². The zero-order valence-corrected chi connectivity index (χ0v) is 10.4. The normalized spacial score (nSPS) is 19.0. The van der Waals surface area contributed by atoms with E-state index in [0.29, 0.717) is 23.8 Å². The van der Waals surface area contributed by atoms with Gasteiger partial charge in [-0.1, -0.05) is 0 Å². The fraction of sp³-hybridized carbons (Fsp3) is 0.500. The number of hydrazine groups is 1. The highest BCUT2D eigenvalue weighted by Crippen LogP contribution is 2.21. The van der Waals surface area contributed by atoms with Gasteiger partial charge in [0.05, 0.1) is 17.9 Å². The molecule has 2 rings (SSSR count). The number of nitrogens with zero attached hydrogens (tertiary/aromatic N) is 2. The lowest BCUT2D eigenvalue weighted by Gasteiger charge is -2.18. The van der Waals surface area contributed by atoms with Gasteiger partial charge >= 0.3 is 0 Å². The van der Waals surface area contributed by atoms with E-state index in [4.69, 9.17) is 10.6 Å². The van der Waals surface area contributed by atoms with Crippen LogP contribution < -0.4 is 11.3 Å². The monoisotopic (exact) mass is 250 g/mol. The molecule has 1 aliphatic heterocycles. The Labute approximate surface area is 106 Å². The average molecular weight is 250 g/mol. The molecule has 1 saturated heterocycles. The minimum absolute atomic E-state index is 0.0327. The Hall–Kier alpha value is -1.66. The number of anilines is 1. The third-order valence-corrected chi connectivity index (χ3v) is 3.18. The molecule has 98 valence electrons. The maximum Gasteiger partial charge on any atom is 0.257 e. The molecule has 6 heteroatoms. The quantitative estimate of drug-likeness (QED) is 0.600. The maximum absolute atomic E-state index is 12.3. The minimum atomic E-state index is -0.0327. The predicted molar refractivity (Wildman–Crippen MR) is 67.9 cm³/mol. The van der Waals surface area contributed by atoms with Gasteiger partial charge in [-0.2, -0.15) is 0 Å². The summed E-state index contributed by atoms with van der Waals surface area (Å²) in [6, 6.07) is 1.69. The summed E-state index contributed by atoms with van der Waals surface area (Å²) in [7, 11) is 1.68. The molecule has 1 aliphatic rings. The second kappa shape index (κ2) is 5.79. The lowest BCUT2D eigenvalue weighted by molar-refractivity contribution is 0.0776. The smallest absolute Gasteiger partial charge is 0.257 e. The zero-order valence-electron chi connectivity index (χ0n) is 10.4. The maximum atomic E-state index is 12.3. The number of pyridine rings is 1. The number of nitrogens with one attached hydrogen (secondary N) is 1.